The number of aliphatic hydroxyl groups is 4. The average molecular weight is 204 g/mol. The molecule has 4 N–H and O–H groups in total. The van der Waals surface area contributed by atoms with Crippen LogP contribution in [-0.2, 0) is 0 Å². The van der Waals surface area contributed by atoms with Crippen molar-refractivity contribution >= 4 is 0 Å². The molecule has 84 valence electrons. The predicted molar refractivity (Wildman–Crippen MR) is 51.7 cm³/mol. The standard InChI is InChI=1S/C10H20O4/c1-6(2)10(14)5-4-9(3,13)7(11)8(10)12/h6-8,11-14H,4-5H2,1-3H3. The van der Waals surface area contributed by atoms with Gasteiger partial charge in [0.1, 0.15) is 12.2 Å². The van der Waals surface area contributed by atoms with Crippen molar-refractivity contribution in [3.8, 4) is 0 Å². The van der Waals surface area contributed by atoms with E-state index < -0.39 is 23.4 Å². The summed E-state index contributed by atoms with van der Waals surface area (Å²) in [6, 6.07) is 0. The number of hydrogen-bond donors (Lipinski definition) is 4. The molecule has 1 saturated carbocycles. The molecule has 4 unspecified atom stereocenters. The molecule has 0 saturated heterocycles. The average Bonchev–Trinajstić information content (AvgIpc) is 2.09. The van der Waals surface area contributed by atoms with Crippen LogP contribution in [0, 0.1) is 5.92 Å². The topological polar surface area (TPSA) is 80.9 Å². The lowest BCUT2D eigenvalue weighted by molar-refractivity contribution is -0.229. The zero-order valence-corrected chi connectivity index (χ0v) is 8.94. The first kappa shape index (κ1) is 11.9. The van der Waals surface area contributed by atoms with Gasteiger partial charge in [-0.3, -0.25) is 0 Å². The van der Waals surface area contributed by atoms with E-state index in [-0.39, 0.29) is 5.92 Å². The minimum Gasteiger partial charge on any atom is -0.387 e. The second-order valence-corrected chi connectivity index (χ2v) is 4.89. The maximum absolute atomic E-state index is 10.1. The predicted octanol–water partition coefficient (Wildman–Crippen LogP) is -0.360. The molecule has 4 heteroatoms. The van der Waals surface area contributed by atoms with Gasteiger partial charge in [-0.2, -0.15) is 0 Å². The third-order valence-corrected chi connectivity index (χ3v) is 3.48. The van der Waals surface area contributed by atoms with E-state index in [0.29, 0.717) is 12.8 Å². The Balaban J connectivity index is 2.89. The van der Waals surface area contributed by atoms with Gasteiger partial charge in [0.15, 0.2) is 0 Å². The van der Waals surface area contributed by atoms with Crippen molar-refractivity contribution in [1.29, 1.82) is 0 Å². The van der Waals surface area contributed by atoms with Crippen LogP contribution in [0.2, 0.25) is 0 Å². The first-order valence-electron chi connectivity index (χ1n) is 5.02. The molecule has 0 aromatic rings. The van der Waals surface area contributed by atoms with Gasteiger partial charge >= 0.3 is 0 Å². The van der Waals surface area contributed by atoms with E-state index in [2.05, 4.69) is 0 Å². The largest absolute Gasteiger partial charge is 0.387 e. The summed E-state index contributed by atoms with van der Waals surface area (Å²) < 4.78 is 0. The highest BCUT2D eigenvalue weighted by Gasteiger charge is 2.53. The van der Waals surface area contributed by atoms with Crippen molar-refractivity contribution in [3.05, 3.63) is 0 Å². The molecule has 0 heterocycles. The maximum atomic E-state index is 10.1. The Morgan fingerprint density at radius 1 is 1.07 bits per heavy atom. The summed E-state index contributed by atoms with van der Waals surface area (Å²) in [7, 11) is 0. The number of hydrogen-bond acceptors (Lipinski definition) is 4. The summed E-state index contributed by atoms with van der Waals surface area (Å²) >= 11 is 0. The Hall–Kier alpha value is -0.160. The van der Waals surface area contributed by atoms with Crippen LogP contribution in [0.1, 0.15) is 33.6 Å². The van der Waals surface area contributed by atoms with Gasteiger partial charge in [-0.25, -0.2) is 0 Å². The van der Waals surface area contributed by atoms with Crippen LogP contribution in [0.15, 0.2) is 0 Å². The Kier molecular flexibility index (Phi) is 2.94. The second kappa shape index (κ2) is 3.45. The number of rotatable bonds is 1. The van der Waals surface area contributed by atoms with Gasteiger partial charge in [0.2, 0.25) is 0 Å². The van der Waals surface area contributed by atoms with Crippen LogP contribution < -0.4 is 0 Å². The Morgan fingerprint density at radius 2 is 1.57 bits per heavy atom. The molecule has 0 aromatic carbocycles. The first-order valence-corrected chi connectivity index (χ1v) is 5.02. The molecule has 4 atom stereocenters. The van der Waals surface area contributed by atoms with Crippen molar-refractivity contribution in [2.75, 3.05) is 0 Å². The zero-order chi connectivity index (χ0) is 11.1. The molecule has 0 aromatic heterocycles. The van der Waals surface area contributed by atoms with E-state index >= 15 is 0 Å². The SMILES string of the molecule is CC(C)C1(O)CCC(C)(O)C(O)C1O. The van der Waals surface area contributed by atoms with Crippen LogP contribution in [-0.4, -0.2) is 43.8 Å². The Labute approximate surface area is 84.2 Å². The van der Waals surface area contributed by atoms with Crippen molar-refractivity contribution in [3.63, 3.8) is 0 Å². The molecule has 14 heavy (non-hydrogen) atoms. The van der Waals surface area contributed by atoms with Gasteiger partial charge in [-0.05, 0) is 25.7 Å². The number of aliphatic hydroxyl groups excluding tert-OH is 2. The molecule has 1 aliphatic carbocycles. The van der Waals surface area contributed by atoms with Gasteiger partial charge in [0.25, 0.3) is 0 Å². The molecule has 4 nitrogen and oxygen atoms in total. The van der Waals surface area contributed by atoms with Crippen LogP contribution in [0.25, 0.3) is 0 Å². The van der Waals surface area contributed by atoms with Crippen molar-refractivity contribution in [2.24, 2.45) is 5.92 Å². The molecular formula is C10H20O4. The van der Waals surface area contributed by atoms with Crippen LogP contribution in [0.5, 0.6) is 0 Å². The van der Waals surface area contributed by atoms with Crippen molar-refractivity contribution < 1.29 is 20.4 Å². The minimum atomic E-state index is -1.31. The smallest absolute Gasteiger partial charge is 0.112 e. The maximum Gasteiger partial charge on any atom is 0.112 e. The Morgan fingerprint density at radius 3 is 2.00 bits per heavy atom. The van der Waals surface area contributed by atoms with Crippen LogP contribution >= 0.6 is 0 Å². The normalized spacial score (nSPS) is 49.7. The quantitative estimate of drug-likeness (QED) is 0.470. The van der Waals surface area contributed by atoms with E-state index in [0.717, 1.165) is 0 Å². The molecule has 0 aliphatic heterocycles. The van der Waals surface area contributed by atoms with E-state index in [1.807, 2.05) is 0 Å². The highest BCUT2D eigenvalue weighted by atomic mass is 16.4. The zero-order valence-electron chi connectivity index (χ0n) is 8.94. The minimum absolute atomic E-state index is 0.150. The summed E-state index contributed by atoms with van der Waals surface area (Å²) in [5.74, 6) is -0.150. The van der Waals surface area contributed by atoms with Gasteiger partial charge < -0.3 is 20.4 Å². The molecule has 0 radical (unpaired) electrons. The molecule has 1 aliphatic rings. The van der Waals surface area contributed by atoms with Gasteiger partial charge in [0, 0.05) is 0 Å². The fraction of sp³-hybridized carbons (Fsp3) is 1.00. The molecule has 0 amide bonds. The lowest BCUT2D eigenvalue weighted by Crippen LogP contribution is -2.63. The third kappa shape index (κ3) is 1.67. The monoisotopic (exact) mass is 204 g/mol. The van der Waals surface area contributed by atoms with Gasteiger partial charge in [-0.1, -0.05) is 13.8 Å². The van der Waals surface area contributed by atoms with E-state index in [4.69, 9.17) is 0 Å². The van der Waals surface area contributed by atoms with E-state index in [1.165, 1.54) is 6.92 Å². The van der Waals surface area contributed by atoms with Crippen molar-refractivity contribution in [2.45, 2.75) is 57.0 Å². The highest BCUT2D eigenvalue weighted by molar-refractivity contribution is 5.04. The van der Waals surface area contributed by atoms with Crippen LogP contribution in [0.3, 0.4) is 0 Å². The molecule has 1 rings (SSSR count). The molecule has 0 bridgehead atoms. The fourth-order valence-corrected chi connectivity index (χ4v) is 1.99. The first-order chi connectivity index (χ1) is 6.22. The van der Waals surface area contributed by atoms with Crippen LogP contribution in [0.4, 0.5) is 0 Å². The second-order valence-electron chi connectivity index (χ2n) is 4.89. The molecule has 0 spiro atoms. The summed E-state index contributed by atoms with van der Waals surface area (Å²) in [6.45, 7) is 5.05. The van der Waals surface area contributed by atoms with E-state index in [1.54, 1.807) is 13.8 Å². The van der Waals surface area contributed by atoms with Crippen molar-refractivity contribution in [1.82, 2.24) is 0 Å². The molecule has 1 fully saturated rings. The summed E-state index contributed by atoms with van der Waals surface area (Å²) in [6.07, 6.45) is -1.98. The van der Waals surface area contributed by atoms with E-state index in [9.17, 15) is 20.4 Å². The Bertz CT molecular complexity index is 214. The summed E-state index contributed by atoms with van der Waals surface area (Å²) in [5, 5.41) is 39.2. The molecular weight excluding hydrogens is 184 g/mol. The summed E-state index contributed by atoms with van der Waals surface area (Å²) in [5.41, 5.74) is -2.60. The lowest BCUT2D eigenvalue weighted by atomic mass is 9.68. The van der Waals surface area contributed by atoms with Gasteiger partial charge in [-0.15, -0.1) is 0 Å². The highest BCUT2D eigenvalue weighted by Crippen LogP contribution is 2.39. The third-order valence-electron chi connectivity index (χ3n) is 3.48. The lowest BCUT2D eigenvalue weighted by Gasteiger charge is -2.48. The fourth-order valence-electron chi connectivity index (χ4n) is 1.99. The summed E-state index contributed by atoms with van der Waals surface area (Å²) in [4.78, 5) is 0. The van der Waals surface area contributed by atoms with Gasteiger partial charge in [0.05, 0.1) is 11.2 Å².